The highest BCUT2D eigenvalue weighted by Gasteiger charge is 2.18. The number of esters is 1. The van der Waals surface area contributed by atoms with Crippen LogP contribution in [0.25, 0.3) is 22.2 Å². The number of halogens is 2. The lowest BCUT2D eigenvalue weighted by atomic mass is 10.0. The third-order valence-electron chi connectivity index (χ3n) is 3.78. The van der Waals surface area contributed by atoms with Crippen molar-refractivity contribution in [2.75, 3.05) is 13.2 Å². The minimum atomic E-state index is -0.448. The molecule has 0 saturated heterocycles. The maximum atomic E-state index is 12.5. The minimum absolute atomic E-state index is 0.270. The molecule has 2 aromatic carbocycles. The fourth-order valence-corrected chi connectivity index (χ4v) is 3.28. The lowest BCUT2D eigenvalue weighted by Gasteiger charge is -2.11. The molecule has 0 saturated carbocycles. The van der Waals surface area contributed by atoms with E-state index in [0.29, 0.717) is 38.8 Å². The molecule has 4 nitrogen and oxygen atoms in total. The average molecular weight is 390 g/mol. The smallest absolute Gasteiger partial charge is 0.338 e. The maximum Gasteiger partial charge on any atom is 0.338 e. The van der Waals surface area contributed by atoms with E-state index in [2.05, 4.69) is 4.98 Å². The van der Waals surface area contributed by atoms with Crippen LogP contribution in [0, 0.1) is 0 Å². The molecule has 0 N–H and O–H groups in total. The first-order valence-corrected chi connectivity index (χ1v) is 8.99. The Labute approximate surface area is 161 Å². The number of ether oxygens (including phenoxy) is 2. The minimum Gasteiger partial charge on any atom is -0.494 e. The Bertz CT molecular complexity index is 955. The van der Waals surface area contributed by atoms with Gasteiger partial charge in [0.25, 0.3) is 0 Å². The van der Waals surface area contributed by atoms with Gasteiger partial charge in [0.1, 0.15) is 5.75 Å². The molecular formula is C20H17Cl2NO3. The molecule has 1 heterocycles. The molecule has 0 aliphatic rings. The SMILES string of the molecule is CCOC(=O)c1cc(-c2ccc(OCC)cc2)nc2cc(Cl)cc(Cl)c12. The zero-order chi connectivity index (χ0) is 18.7. The summed E-state index contributed by atoms with van der Waals surface area (Å²) in [5, 5.41) is 1.35. The van der Waals surface area contributed by atoms with Gasteiger partial charge in [-0.05, 0) is 56.3 Å². The van der Waals surface area contributed by atoms with Crippen LogP contribution in [0.4, 0.5) is 0 Å². The molecule has 0 unspecified atom stereocenters. The largest absolute Gasteiger partial charge is 0.494 e. The topological polar surface area (TPSA) is 48.4 Å². The summed E-state index contributed by atoms with van der Waals surface area (Å²) in [5.74, 6) is 0.324. The van der Waals surface area contributed by atoms with Gasteiger partial charge in [-0.15, -0.1) is 0 Å². The van der Waals surface area contributed by atoms with Crippen LogP contribution in [-0.2, 0) is 4.74 Å². The van der Waals surface area contributed by atoms with E-state index in [1.165, 1.54) is 0 Å². The van der Waals surface area contributed by atoms with Gasteiger partial charge in [-0.1, -0.05) is 23.2 Å². The summed E-state index contributed by atoms with van der Waals surface area (Å²) < 4.78 is 10.6. The Morgan fingerprint density at radius 2 is 1.77 bits per heavy atom. The van der Waals surface area contributed by atoms with Gasteiger partial charge in [0.15, 0.2) is 0 Å². The lowest BCUT2D eigenvalue weighted by Crippen LogP contribution is -2.07. The molecule has 0 amide bonds. The van der Waals surface area contributed by atoms with Crippen molar-refractivity contribution in [3.63, 3.8) is 0 Å². The fraction of sp³-hybridized carbons (Fsp3) is 0.200. The van der Waals surface area contributed by atoms with Gasteiger partial charge in [0.05, 0.1) is 35.0 Å². The molecule has 1 aromatic heterocycles. The molecule has 3 rings (SSSR count). The van der Waals surface area contributed by atoms with E-state index in [1.807, 2.05) is 31.2 Å². The Morgan fingerprint density at radius 3 is 2.42 bits per heavy atom. The van der Waals surface area contributed by atoms with Crippen molar-refractivity contribution in [3.05, 3.63) is 58.1 Å². The zero-order valence-electron chi connectivity index (χ0n) is 14.4. The summed E-state index contributed by atoms with van der Waals surface area (Å²) in [4.78, 5) is 17.1. The predicted octanol–water partition coefficient (Wildman–Crippen LogP) is 5.78. The second-order valence-electron chi connectivity index (χ2n) is 5.51. The first kappa shape index (κ1) is 18.5. The van der Waals surface area contributed by atoms with E-state index in [-0.39, 0.29) is 6.61 Å². The zero-order valence-corrected chi connectivity index (χ0v) is 15.9. The van der Waals surface area contributed by atoms with Gasteiger partial charge in [0.2, 0.25) is 0 Å². The number of hydrogen-bond donors (Lipinski definition) is 0. The molecule has 26 heavy (non-hydrogen) atoms. The highest BCUT2D eigenvalue weighted by atomic mass is 35.5. The first-order valence-electron chi connectivity index (χ1n) is 8.23. The second-order valence-corrected chi connectivity index (χ2v) is 6.36. The highest BCUT2D eigenvalue weighted by molar-refractivity contribution is 6.39. The van der Waals surface area contributed by atoms with Crippen LogP contribution >= 0.6 is 23.2 Å². The summed E-state index contributed by atoms with van der Waals surface area (Å²) in [5.41, 5.74) is 2.37. The van der Waals surface area contributed by atoms with E-state index in [1.54, 1.807) is 25.1 Å². The van der Waals surface area contributed by atoms with Crippen LogP contribution < -0.4 is 4.74 Å². The fourth-order valence-electron chi connectivity index (χ4n) is 2.69. The number of pyridine rings is 1. The summed E-state index contributed by atoms with van der Waals surface area (Å²) in [6.07, 6.45) is 0. The predicted molar refractivity (Wildman–Crippen MR) is 104 cm³/mol. The van der Waals surface area contributed by atoms with Gasteiger partial charge >= 0.3 is 5.97 Å². The van der Waals surface area contributed by atoms with Gasteiger partial charge in [-0.25, -0.2) is 9.78 Å². The number of hydrogen-bond acceptors (Lipinski definition) is 4. The van der Waals surface area contributed by atoms with Gasteiger partial charge in [-0.3, -0.25) is 0 Å². The van der Waals surface area contributed by atoms with Crippen molar-refractivity contribution in [3.8, 4) is 17.0 Å². The summed E-state index contributed by atoms with van der Waals surface area (Å²) in [7, 11) is 0. The first-order chi connectivity index (χ1) is 12.5. The van der Waals surface area contributed by atoms with Crippen molar-refractivity contribution in [1.82, 2.24) is 4.98 Å². The van der Waals surface area contributed by atoms with Gasteiger partial charge in [-0.2, -0.15) is 0 Å². The normalized spacial score (nSPS) is 10.8. The monoisotopic (exact) mass is 389 g/mol. The quantitative estimate of drug-likeness (QED) is 0.518. The van der Waals surface area contributed by atoms with E-state index in [9.17, 15) is 4.79 Å². The van der Waals surface area contributed by atoms with Crippen LogP contribution in [0.15, 0.2) is 42.5 Å². The van der Waals surface area contributed by atoms with Crippen molar-refractivity contribution in [2.24, 2.45) is 0 Å². The summed E-state index contributed by atoms with van der Waals surface area (Å²) in [6, 6.07) is 12.5. The lowest BCUT2D eigenvalue weighted by molar-refractivity contribution is 0.0528. The number of nitrogens with zero attached hydrogens (tertiary/aromatic N) is 1. The van der Waals surface area contributed by atoms with Gasteiger partial charge < -0.3 is 9.47 Å². The van der Waals surface area contributed by atoms with Crippen LogP contribution in [0.1, 0.15) is 24.2 Å². The molecule has 0 bridgehead atoms. The number of carbonyl (C=O) groups excluding carboxylic acids is 1. The molecule has 0 fully saturated rings. The van der Waals surface area contributed by atoms with Gasteiger partial charge in [0, 0.05) is 16.0 Å². The number of fused-ring (bicyclic) bond motifs is 1. The number of aromatic nitrogens is 1. The number of carbonyl (C=O) groups is 1. The van der Waals surface area contributed by atoms with E-state index in [4.69, 9.17) is 32.7 Å². The van der Waals surface area contributed by atoms with Crippen LogP contribution in [-0.4, -0.2) is 24.2 Å². The van der Waals surface area contributed by atoms with Crippen molar-refractivity contribution in [1.29, 1.82) is 0 Å². The highest BCUT2D eigenvalue weighted by Crippen LogP contribution is 2.33. The second kappa shape index (κ2) is 7.94. The molecular weight excluding hydrogens is 373 g/mol. The van der Waals surface area contributed by atoms with Crippen LogP contribution in [0.2, 0.25) is 10.0 Å². The number of benzene rings is 2. The van der Waals surface area contributed by atoms with Crippen molar-refractivity contribution in [2.45, 2.75) is 13.8 Å². The Balaban J connectivity index is 2.18. The molecule has 6 heteroatoms. The molecule has 0 radical (unpaired) electrons. The van der Waals surface area contributed by atoms with Crippen molar-refractivity contribution >= 4 is 40.1 Å². The average Bonchev–Trinajstić information content (AvgIpc) is 2.61. The van der Waals surface area contributed by atoms with E-state index < -0.39 is 5.97 Å². The Hall–Kier alpha value is -2.30. The molecule has 0 aliphatic carbocycles. The van der Waals surface area contributed by atoms with Crippen molar-refractivity contribution < 1.29 is 14.3 Å². The Kier molecular flexibility index (Phi) is 5.64. The number of rotatable bonds is 5. The molecule has 0 atom stereocenters. The summed E-state index contributed by atoms with van der Waals surface area (Å²) >= 11 is 12.4. The molecule has 134 valence electrons. The maximum absolute atomic E-state index is 12.5. The third-order valence-corrected chi connectivity index (χ3v) is 4.30. The van der Waals surface area contributed by atoms with E-state index >= 15 is 0 Å². The van der Waals surface area contributed by atoms with Crippen LogP contribution in [0.3, 0.4) is 0 Å². The summed E-state index contributed by atoms with van der Waals surface area (Å²) in [6.45, 7) is 4.55. The third kappa shape index (κ3) is 3.76. The molecule has 0 aliphatic heterocycles. The molecule has 3 aromatic rings. The Morgan fingerprint density at radius 1 is 1.04 bits per heavy atom. The van der Waals surface area contributed by atoms with Crippen LogP contribution in [0.5, 0.6) is 5.75 Å². The van der Waals surface area contributed by atoms with E-state index in [0.717, 1.165) is 11.3 Å². The molecule has 0 spiro atoms. The standard InChI is InChI=1S/C20H17Cl2NO3/c1-3-25-14-7-5-12(6-8-14)17-11-15(20(24)26-4-2)19-16(22)9-13(21)10-18(19)23-17/h5-11H,3-4H2,1-2H3.